The summed E-state index contributed by atoms with van der Waals surface area (Å²) in [6, 6.07) is 15.1. The molecule has 1 N–H and O–H groups in total. The number of amides is 2. The molecule has 0 aliphatic carbocycles. The van der Waals surface area contributed by atoms with Crippen LogP contribution in [0.15, 0.2) is 54.6 Å². The number of hydrogen-bond acceptors (Lipinski definition) is 5. The molecule has 158 valence electrons. The van der Waals surface area contributed by atoms with Gasteiger partial charge in [-0.15, -0.1) is 0 Å². The zero-order valence-electron chi connectivity index (χ0n) is 17.3. The summed E-state index contributed by atoms with van der Waals surface area (Å²) in [6.45, 7) is 4.86. The molecule has 1 saturated heterocycles. The van der Waals surface area contributed by atoms with Crippen LogP contribution >= 0.6 is 0 Å². The second kappa shape index (κ2) is 10.3. The number of rotatable bonds is 6. The van der Waals surface area contributed by atoms with Crippen molar-refractivity contribution in [2.75, 3.05) is 50.1 Å². The zero-order valence-corrected chi connectivity index (χ0v) is 17.3. The van der Waals surface area contributed by atoms with Gasteiger partial charge in [-0.25, -0.2) is 9.59 Å². The van der Waals surface area contributed by atoms with Crippen molar-refractivity contribution in [3.8, 4) is 5.75 Å². The molecule has 0 saturated carbocycles. The molecule has 3 rings (SSSR count). The van der Waals surface area contributed by atoms with E-state index in [2.05, 4.69) is 10.2 Å². The fraction of sp³-hybridized carbons (Fsp3) is 0.304. The van der Waals surface area contributed by atoms with Gasteiger partial charge in [0.2, 0.25) is 0 Å². The van der Waals surface area contributed by atoms with E-state index in [0.29, 0.717) is 25.4 Å². The van der Waals surface area contributed by atoms with Gasteiger partial charge in [0.1, 0.15) is 5.75 Å². The highest BCUT2D eigenvalue weighted by atomic mass is 16.5. The van der Waals surface area contributed by atoms with Gasteiger partial charge in [-0.3, -0.25) is 0 Å². The fourth-order valence-electron chi connectivity index (χ4n) is 3.28. The van der Waals surface area contributed by atoms with Crippen molar-refractivity contribution in [1.29, 1.82) is 0 Å². The first-order valence-electron chi connectivity index (χ1n) is 9.99. The number of benzene rings is 2. The van der Waals surface area contributed by atoms with Crippen molar-refractivity contribution in [3.05, 3.63) is 60.2 Å². The molecule has 0 unspecified atom stereocenters. The average molecular weight is 409 g/mol. The summed E-state index contributed by atoms with van der Waals surface area (Å²) in [5.74, 6) is 0.467. The third-order valence-corrected chi connectivity index (χ3v) is 4.85. The Bertz CT molecular complexity index is 888. The molecule has 7 heteroatoms. The number of para-hydroxylation sites is 2. The molecule has 2 aromatic rings. The molecular weight excluding hydrogens is 382 g/mol. The lowest BCUT2D eigenvalue weighted by Gasteiger charge is -2.36. The van der Waals surface area contributed by atoms with Crippen LogP contribution in [0.25, 0.3) is 6.08 Å². The van der Waals surface area contributed by atoms with Crippen LogP contribution in [0.3, 0.4) is 0 Å². The lowest BCUT2D eigenvalue weighted by molar-refractivity contribution is -0.137. The first-order valence-corrected chi connectivity index (χ1v) is 9.99. The van der Waals surface area contributed by atoms with Gasteiger partial charge in [-0.1, -0.05) is 24.3 Å². The number of nitrogens with zero attached hydrogens (tertiary/aromatic N) is 2. The van der Waals surface area contributed by atoms with Gasteiger partial charge in [0, 0.05) is 37.9 Å². The van der Waals surface area contributed by atoms with Gasteiger partial charge in [-0.2, -0.15) is 0 Å². The Labute approximate surface area is 176 Å². The van der Waals surface area contributed by atoms with E-state index in [0.717, 1.165) is 30.1 Å². The maximum absolute atomic E-state index is 12.6. The van der Waals surface area contributed by atoms with Crippen LogP contribution in [0.5, 0.6) is 5.75 Å². The number of carbonyl (C=O) groups excluding carboxylic acids is 2. The van der Waals surface area contributed by atoms with Gasteiger partial charge in [0.05, 0.1) is 19.4 Å². The summed E-state index contributed by atoms with van der Waals surface area (Å²) >= 11 is 0. The quantitative estimate of drug-likeness (QED) is 0.583. The van der Waals surface area contributed by atoms with Crippen molar-refractivity contribution in [3.63, 3.8) is 0 Å². The number of ether oxygens (including phenoxy) is 2. The standard InChI is InChI=1S/C23H27N3O4/c1-3-30-22(27)13-10-18-8-11-19(12-9-18)24-23(28)26-16-14-25(15-17-26)20-6-4-5-7-21(20)29-2/h4-13H,3,14-17H2,1-2H3,(H,24,28). The minimum Gasteiger partial charge on any atom is -0.495 e. The Morgan fingerprint density at radius 1 is 1.03 bits per heavy atom. The van der Waals surface area contributed by atoms with Crippen LogP contribution in [0.1, 0.15) is 12.5 Å². The summed E-state index contributed by atoms with van der Waals surface area (Å²) in [5, 5.41) is 2.93. The minimum atomic E-state index is -0.373. The van der Waals surface area contributed by atoms with Crippen molar-refractivity contribution >= 4 is 29.5 Å². The number of esters is 1. The highest BCUT2D eigenvalue weighted by Crippen LogP contribution is 2.28. The molecule has 2 aromatic carbocycles. The monoisotopic (exact) mass is 409 g/mol. The van der Waals surface area contributed by atoms with Crippen molar-refractivity contribution < 1.29 is 19.1 Å². The van der Waals surface area contributed by atoms with E-state index >= 15 is 0 Å². The Morgan fingerprint density at radius 3 is 2.40 bits per heavy atom. The number of carbonyl (C=O) groups is 2. The molecule has 0 atom stereocenters. The predicted octanol–water partition coefficient (Wildman–Crippen LogP) is 3.63. The van der Waals surface area contributed by atoms with Gasteiger partial charge in [0.15, 0.2) is 0 Å². The van der Waals surface area contributed by atoms with Crippen molar-refractivity contribution in [1.82, 2.24) is 4.90 Å². The van der Waals surface area contributed by atoms with E-state index < -0.39 is 0 Å². The molecule has 1 aliphatic rings. The molecular formula is C23H27N3O4. The number of urea groups is 1. The van der Waals surface area contributed by atoms with E-state index in [-0.39, 0.29) is 12.0 Å². The highest BCUT2D eigenvalue weighted by Gasteiger charge is 2.22. The molecule has 0 bridgehead atoms. The van der Waals surface area contributed by atoms with Gasteiger partial charge in [0.25, 0.3) is 0 Å². The average Bonchev–Trinajstić information content (AvgIpc) is 2.79. The molecule has 1 aliphatic heterocycles. The topological polar surface area (TPSA) is 71.1 Å². The van der Waals surface area contributed by atoms with Crippen LogP contribution < -0.4 is 15.0 Å². The molecule has 2 amide bonds. The number of methoxy groups -OCH3 is 1. The SMILES string of the molecule is CCOC(=O)C=Cc1ccc(NC(=O)N2CCN(c3ccccc3OC)CC2)cc1. The Kier molecular flexibility index (Phi) is 7.32. The summed E-state index contributed by atoms with van der Waals surface area (Å²) in [6.07, 6.45) is 3.07. The maximum atomic E-state index is 12.6. The smallest absolute Gasteiger partial charge is 0.330 e. The number of hydrogen-bond donors (Lipinski definition) is 1. The first kappa shape index (κ1) is 21.2. The van der Waals surface area contributed by atoms with Crippen LogP contribution in [-0.4, -0.2) is 56.8 Å². The second-order valence-electron chi connectivity index (χ2n) is 6.78. The van der Waals surface area contributed by atoms with Crippen LogP contribution in [0, 0.1) is 0 Å². The van der Waals surface area contributed by atoms with Gasteiger partial charge < -0.3 is 24.6 Å². The van der Waals surface area contributed by atoms with E-state index in [1.165, 1.54) is 6.08 Å². The Morgan fingerprint density at radius 2 is 1.73 bits per heavy atom. The molecule has 1 heterocycles. The van der Waals surface area contributed by atoms with Crippen molar-refractivity contribution in [2.45, 2.75) is 6.92 Å². The zero-order chi connectivity index (χ0) is 21.3. The summed E-state index contributed by atoms with van der Waals surface area (Å²) in [7, 11) is 1.67. The highest BCUT2D eigenvalue weighted by molar-refractivity contribution is 5.90. The lowest BCUT2D eigenvalue weighted by atomic mass is 10.2. The van der Waals surface area contributed by atoms with Crippen LogP contribution in [0.2, 0.25) is 0 Å². The van der Waals surface area contributed by atoms with Crippen LogP contribution in [-0.2, 0) is 9.53 Å². The predicted molar refractivity (Wildman–Crippen MR) is 118 cm³/mol. The molecule has 7 nitrogen and oxygen atoms in total. The second-order valence-corrected chi connectivity index (χ2v) is 6.78. The molecule has 1 fully saturated rings. The number of piperazine rings is 1. The first-order chi connectivity index (χ1) is 14.6. The van der Waals surface area contributed by atoms with E-state index in [1.54, 1.807) is 25.0 Å². The van der Waals surface area contributed by atoms with E-state index in [9.17, 15) is 9.59 Å². The number of nitrogens with one attached hydrogen (secondary N) is 1. The molecule has 30 heavy (non-hydrogen) atoms. The van der Waals surface area contributed by atoms with E-state index in [1.807, 2.05) is 48.5 Å². The van der Waals surface area contributed by atoms with Crippen LogP contribution in [0.4, 0.5) is 16.2 Å². The minimum absolute atomic E-state index is 0.121. The summed E-state index contributed by atoms with van der Waals surface area (Å²) in [4.78, 5) is 28.0. The normalized spacial score (nSPS) is 13.9. The Balaban J connectivity index is 1.51. The van der Waals surface area contributed by atoms with Gasteiger partial charge in [-0.05, 0) is 42.8 Å². The third kappa shape index (κ3) is 5.53. The Hall–Kier alpha value is -3.48. The largest absolute Gasteiger partial charge is 0.495 e. The van der Waals surface area contributed by atoms with E-state index in [4.69, 9.17) is 9.47 Å². The third-order valence-electron chi connectivity index (χ3n) is 4.85. The number of anilines is 2. The van der Waals surface area contributed by atoms with Gasteiger partial charge >= 0.3 is 12.0 Å². The maximum Gasteiger partial charge on any atom is 0.330 e. The molecule has 0 radical (unpaired) electrons. The molecule has 0 spiro atoms. The molecule has 0 aromatic heterocycles. The summed E-state index contributed by atoms with van der Waals surface area (Å²) < 4.78 is 10.3. The lowest BCUT2D eigenvalue weighted by Crippen LogP contribution is -2.50. The fourth-order valence-corrected chi connectivity index (χ4v) is 3.28. The summed E-state index contributed by atoms with van der Waals surface area (Å²) in [5.41, 5.74) is 2.61. The van der Waals surface area contributed by atoms with Crippen molar-refractivity contribution in [2.24, 2.45) is 0 Å².